The largest absolute Gasteiger partial charge is 0.454 e. The first kappa shape index (κ1) is 28.9. The molecule has 4 heteroatoms. The number of hydrogen-bond acceptors (Lipinski definition) is 3. The van der Waals surface area contributed by atoms with Crippen molar-refractivity contribution in [1.82, 2.24) is 9.88 Å². The fraction of sp³-hybridized carbons (Fsp3) is 0.0208. The average molecular weight is 666 g/mol. The zero-order valence-corrected chi connectivity index (χ0v) is 28.1. The highest BCUT2D eigenvalue weighted by molar-refractivity contribution is 6.16. The summed E-state index contributed by atoms with van der Waals surface area (Å²) in [7, 11) is 0. The first-order valence-electron chi connectivity index (χ1n) is 17.8. The van der Waals surface area contributed by atoms with Crippen LogP contribution in [0.25, 0.3) is 76.7 Å². The minimum atomic E-state index is -0.273. The van der Waals surface area contributed by atoms with Gasteiger partial charge >= 0.3 is 0 Å². The van der Waals surface area contributed by atoms with Crippen LogP contribution < -0.4 is 5.32 Å². The molecule has 1 aliphatic heterocycles. The quantitative estimate of drug-likeness (QED) is 0.203. The molecule has 0 saturated carbocycles. The Morgan fingerprint density at radius 1 is 0.538 bits per heavy atom. The van der Waals surface area contributed by atoms with E-state index >= 15 is 0 Å². The predicted octanol–water partition coefficient (Wildman–Crippen LogP) is 12.1. The van der Waals surface area contributed by atoms with Crippen molar-refractivity contribution in [1.29, 1.82) is 0 Å². The lowest BCUT2D eigenvalue weighted by atomic mass is 9.94. The van der Waals surface area contributed by atoms with Gasteiger partial charge in [-0.3, -0.25) is 4.99 Å². The number of rotatable bonds is 4. The third-order valence-electron chi connectivity index (χ3n) is 10.6. The molecule has 8 aromatic carbocycles. The number of aliphatic imine (C=N–C) groups is 1. The fourth-order valence-corrected chi connectivity index (χ4v) is 8.23. The highest BCUT2D eigenvalue weighted by Crippen LogP contribution is 2.43. The highest BCUT2D eigenvalue weighted by atomic mass is 16.3. The van der Waals surface area contributed by atoms with Gasteiger partial charge in [-0.15, -0.1) is 0 Å². The van der Waals surface area contributed by atoms with E-state index in [1.54, 1.807) is 0 Å². The molecule has 10 aromatic rings. The fourth-order valence-electron chi connectivity index (χ4n) is 8.23. The molecule has 1 aliphatic rings. The monoisotopic (exact) mass is 665 g/mol. The molecule has 11 rings (SSSR count). The van der Waals surface area contributed by atoms with E-state index in [2.05, 4.69) is 174 Å². The maximum absolute atomic E-state index is 6.90. The Morgan fingerprint density at radius 2 is 1.23 bits per heavy atom. The van der Waals surface area contributed by atoms with E-state index in [-0.39, 0.29) is 6.04 Å². The minimum absolute atomic E-state index is 0.273. The van der Waals surface area contributed by atoms with Gasteiger partial charge in [-0.05, 0) is 63.5 Å². The molecular weight excluding hydrogens is 635 g/mol. The summed E-state index contributed by atoms with van der Waals surface area (Å²) in [5, 5.41) is 13.2. The van der Waals surface area contributed by atoms with Crippen molar-refractivity contribution in [2.75, 3.05) is 0 Å². The Hall–Kier alpha value is -6.91. The van der Waals surface area contributed by atoms with Crippen molar-refractivity contribution < 1.29 is 4.42 Å². The minimum Gasteiger partial charge on any atom is -0.454 e. The summed E-state index contributed by atoms with van der Waals surface area (Å²) in [6, 6.07) is 60.0. The zero-order chi connectivity index (χ0) is 34.2. The van der Waals surface area contributed by atoms with E-state index in [0.29, 0.717) is 0 Å². The summed E-state index contributed by atoms with van der Waals surface area (Å²) in [5.41, 5.74) is 9.34. The van der Waals surface area contributed by atoms with Gasteiger partial charge in [-0.2, -0.15) is 0 Å². The molecule has 0 aliphatic carbocycles. The van der Waals surface area contributed by atoms with Crippen molar-refractivity contribution in [3.8, 4) is 5.69 Å². The zero-order valence-electron chi connectivity index (χ0n) is 28.1. The molecule has 52 heavy (non-hydrogen) atoms. The van der Waals surface area contributed by atoms with Crippen molar-refractivity contribution >= 4 is 76.8 Å². The smallest absolute Gasteiger partial charge is 0.159 e. The number of benzene rings is 8. The van der Waals surface area contributed by atoms with Crippen LogP contribution in [0.1, 0.15) is 22.7 Å². The van der Waals surface area contributed by atoms with Gasteiger partial charge in [0, 0.05) is 38.4 Å². The molecule has 1 atom stereocenters. The number of nitrogens with one attached hydrogen (secondary N) is 1. The van der Waals surface area contributed by atoms with E-state index in [1.165, 1.54) is 32.3 Å². The second-order valence-electron chi connectivity index (χ2n) is 13.6. The summed E-state index contributed by atoms with van der Waals surface area (Å²) >= 11 is 0. The summed E-state index contributed by atoms with van der Waals surface area (Å²) in [4.78, 5) is 5.42. The predicted molar refractivity (Wildman–Crippen MR) is 216 cm³/mol. The van der Waals surface area contributed by atoms with Crippen molar-refractivity contribution in [2.24, 2.45) is 4.99 Å². The standard InChI is InChI=1S/C48H31N3O/c1-2-14-31(15-3-1)48-49-40(35-22-12-18-30-13-6-7-19-34(30)35)29-41(50-48)37-25-26-43(47-46(37)38-21-9-11-24-45(38)52-47)51-42-23-10-8-20-36(42)39-27-32-16-4-5-17-33(32)28-44(39)51/h1-29,41H,(H,49,50). The maximum atomic E-state index is 6.90. The van der Waals surface area contributed by atoms with Crippen molar-refractivity contribution in [3.63, 3.8) is 0 Å². The van der Waals surface area contributed by atoms with Gasteiger partial charge in [0.1, 0.15) is 11.4 Å². The van der Waals surface area contributed by atoms with Crippen LogP contribution in [0.3, 0.4) is 0 Å². The van der Waals surface area contributed by atoms with Crippen molar-refractivity contribution in [3.05, 3.63) is 193 Å². The molecule has 2 aromatic heterocycles. The van der Waals surface area contributed by atoms with Crippen LogP contribution in [-0.2, 0) is 0 Å². The van der Waals surface area contributed by atoms with Gasteiger partial charge in [-0.25, -0.2) is 0 Å². The van der Waals surface area contributed by atoms with E-state index in [0.717, 1.165) is 66.9 Å². The van der Waals surface area contributed by atoms with Crippen molar-refractivity contribution in [2.45, 2.75) is 6.04 Å². The van der Waals surface area contributed by atoms with Gasteiger partial charge in [0.15, 0.2) is 5.58 Å². The van der Waals surface area contributed by atoms with Crippen LogP contribution in [0.15, 0.2) is 185 Å². The van der Waals surface area contributed by atoms with Gasteiger partial charge in [0.2, 0.25) is 0 Å². The molecule has 4 nitrogen and oxygen atoms in total. The number of nitrogens with zero attached hydrogens (tertiary/aromatic N) is 2. The summed E-state index contributed by atoms with van der Waals surface area (Å²) in [5.74, 6) is 0.843. The lowest BCUT2D eigenvalue weighted by Crippen LogP contribution is -2.27. The third-order valence-corrected chi connectivity index (χ3v) is 10.6. The number of hydrogen-bond donors (Lipinski definition) is 1. The summed E-state index contributed by atoms with van der Waals surface area (Å²) in [6.07, 6.45) is 2.27. The van der Waals surface area contributed by atoms with Crippen LogP contribution >= 0.6 is 0 Å². The number of furan rings is 1. The Kier molecular flexibility index (Phi) is 6.28. The normalized spacial score (nSPS) is 14.7. The lowest BCUT2D eigenvalue weighted by Gasteiger charge is -2.24. The molecule has 244 valence electrons. The van der Waals surface area contributed by atoms with Crippen LogP contribution in [-0.4, -0.2) is 10.4 Å². The van der Waals surface area contributed by atoms with Crippen LogP contribution in [0, 0.1) is 0 Å². The van der Waals surface area contributed by atoms with Gasteiger partial charge in [0.05, 0.1) is 22.8 Å². The summed E-state index contributed by atoms with van der Waals surface area (Å²) in [6.45, 7) is 0. The summed E-state index contributed by atoms with van der Waals surface area (Å²) < 4.78 is 9.28. The molecule has 0 fully saturated rings. The average Bonchev–Trinajstić information content (AvgIpc) is 3.76. The molecule has 3 heterocycles. The molecule has 1 unspecified atom stereocenters. The van der Waals surface area contributed by atoms with Gasteiger partial charge < -0.3 is 14.3 Å². The van der Waals surface area contributed by atoms with Crippen LogP contribution in [0.2, 0.25) is 0 Å². The highest BCUT2D eigenvalue weighted by Gasteiger charge is 2.26. The topological polar surface area (TPSA) is 42.5 Å². The Morgan fingerprint density at radius 3 is 2.10 bits per heavy atom. The Labute approximate surface area is 299 Å². The van der Waals surface area contributed by atoms with Gasteiger partial charge in [0.25, 0.3) is 0 Å². The number of para-hydroxylation sites is 2. The number of aromatic nitrogens is 1. The van der Waals surface area contributed by atoms with Crippen LogP contribution in [0.4, 0.5) is 0 Å². The molecule has 0 saturated heterocycles. The lowest BCUT2D eigenvalue weighted by molar-refractivity contribution is 0.666. The molecule has 1 N–H and O–H groups in total. The van der Waals surface area contributed by atoms with Gasteiger partial charge in [-0.1, -0.05) is 140 Å². The van der Waals surface area contributed by atoms with E-state index in [9.17, 15) is 0 Å². The SMILES string of the molecule is C1=C(c2cccc3ccccc23)NC(c2ccccc2)=NC1c1ccc(-n2c3ccccc3c3cc4ccccc4cc32)c2oc3ccccc3c12. The third kappa shape index (κ3) is 4.38. The molecule has 0 bridgehead atoms. The maximum Gasteiger partial charge on any atom is 0.159 e. The number of fused-ring (bicyclic) bond motifs is 8. The first-order valence-corrected chi connectivity index (χ1v) is 17.8. The molecule has 0 amide bonds. The van der Waals surface area contributed by atoms with E-state index in [1.807, 2.05) is 12.1 Å². The first-order chi connectivity index (χ1) is 25.8. The Bertz CT molecular complexity index is 3100. The van der Waals surface area contributed by atoms with Crippen LogP contribution in [0.5, 0.6) is 0 Å². The van der Waals surface area contributed by atoms with E-state index in [4.69, 9.17) is 9.41 Å². The molecular formula is C48H31N3O. The molecule has 0 spiro atoms. The second-order valence-corrected chi connectivity index (χ2v) is 13.6. The van der Waals surface area contributed by atoms with E-state index < -0.39 is 0 Å². The Balaban J connectivity index is 1.20. The molecule has 0 radical (unpaired) electrons. The number of amidine groups is 1. The second kappa shape index (κ2) is 11.3.